The van der Waals surface area contributed by atoms with Crippen molar-refractivity contribution >= 4 is 29.9 Å². The van der Waals surface area contributed by atoms with E-state index < -0.39 is 0 Å². The lowest BCUT2D eigenvalue weighted by atomic mass is 9.84. The minimum atomic E-state index is -0.149. The van der Waals surface area contributed by atoms with Gasteiger partial charge >= 0.3 is 0 Å². The second kappa shape index (κ2) is 9.85. The van der Waals surface area contributed by atoms with Gasteiger partial charge in [-0.25, -0.2) is 0 Å². The first-order valence-electron chi connectivity index (χ1n) is 7.56. The molecule has 23 heavy (non-hydrogen) atoms. The molecule has 3 N–H and O–H groups in total. The fraction of sp³-hybridized carbons (Fsp3) is 0.588. The van der Waals surface area contributed by atoms with Crippen molar-refractivity contribution in [2.45, 2.75) is 33.1 Å². The molecule has 5 nitrogen and oxygen atoms in total. The van der Waals surface area contributed by atoms with Gasteiger partial charge in [0.2, 0.25) is 0 Å². The lowest BCUT2D eigenvalue weighted by Gasteiger charge is -2.24. The summed E-state index contributed by atoms with van der Waals surface area (Å²) in [5.74, 6) is 2.47. The summed E-state index contributed by atoms with van der Waals surface area (Å²) in [5.41, 5.74) is 6.88. The van der Waals surface area contributed by atoms with E-state index in [2.05, 4.69) is 38.0 Å². The first-order chi connectivity index (χ1) is 10.3. The summed E-state index contributed by atoms with van der Waals surface area (Å²) in [5, 5.41) is 3.13. The molecule has 0 fully saturated rings. The van der Waals surface area contributed by atoms with Crippen molar-refractivity contribution in [3.05, 3.63) is 23.8 Å². The average Bonchev–Trinajstić information content (AvgIpc) is 2.50. The van der Waals surface area contributed by atoms with E-state index in [9.17, 15) is 0 Å². The number of hydrogen-bond acceptors (Lipinski definition) is 3. The van der Waals surface area contributed by atoms with Gasteiger partial charge in [-0.2, -0.15) is 0 Å². The largest absolute Gasteiger partial charge is 0.493 e. The molecule has 132 valence electrons. The number of rotatable bonds is 7. The van der Waals surface area contributed by atoms with Crippen LogP contribution in [0.2, 0.25) is 0 Å². The molecule has 0 saturated heterocycles. The molecule has 0 aliphatic carbocycles. The molecule has 0 unspecified atom stereocenters. The van der Waals surface area contributed by atoms with Crippen LogP contribution in [-0.2, 0) is 5.41 Å². The maximum Gasteiger partial charge on any atom is 0.188 e. The third-order valence-electron chi connectivity index (χ3n) is 3.50. The zero-order valence-corrected chi connectivity index (χ0v) is 17.3. The Hall–Kier alpha value is -1.18. The van der Waals surface area contributed by atoms with Crippen molar-refractivity contribution in [2.75, 3.05) is 27.3 Å². The van der Waals surface area contributed by atoms with Gasteiger partial charge in [0, 0.05) is 12.0 Å². The van der Waals surface area contributed by atoms with E-state index in [-0.39, 0.29) is 29.4 Å². The summed E-state index contributed by atoms with van der Waals surface area (Å²) in [6, 6.07) is 5.95. The van der Waals surface area contributed by atoms with E-state index in [1.54, 1.807) is 14.2 Å². The topological polar surface area (TPSA) is 68.9 Å². The van der Waals surface area contributed by atoms with Crippen LogP contribution >= 0.6 is 24.0 Å². The Morgan fingerprint density at radius 1 is 1.22 bits per heavy atom. The van der Waals surface area contributed by atoms with Gasteiger partial charge in [-0.15, -0.1) is 24.0 Å². The van der Waals surface area contributed by atoms with Crippen LogP contribution in [0.3, 0.4) is 0 Å². The van der Waals surface area contributed by atoms with Crippen LogP contribution in [0.1, 0.15) is 33.3 Å². The zero-order valence-electron chi connectivity index (χ0n) is 15.0. The van der Waals surface area contributed by atoms with Gasteiger partial charge in [0.1, 0.15) is 0 Å². The molecule has 0 bridgehead atoms. The van der Waals surface area contributed by atoms with E-state index >= 15 is 0 Å². The molecule has 0 heterocycles. The fourth-order valence-electron chi connectivity index (χ4n) is 2.00. The van der Waals surface area contributed by atoms with Crippen molar-refractivity contribution in [2.24, 2.45) is 16.6 Å². The second-order valence-electron chi connectivity index (χ2n) is 6.43. The van der Waals surface area contributed by atoms with Gasteiger partial charge in [-0.05, 0) is 23.6 Å². The molecular weight excluding hydrogens is 405 g/mol. The van der Waals surface area contributed by atoms with Crippen LogP contribution in [-0.4, -0.2) is 33.3 Å². The Morgan fingerprint density at radius 3 is 2.35 bits per heavy atom. The molecule has 6 heteroatoms. The minimum Gasteiger partial charge on any atom is -0.493 e. The molecule has 0 radical (unpaired) electrons. The summed E-state index contributed by atoms with van der Waals surface area (Å²) < 4.78 is 10.6. The van der Waals surface area contributed by atoms with Crippen LogP contribution in [0.4, 0.5) is 0 Å². The van der Waals surface area contributed by atoms with Crippen molar-refractivity contribution in [1.29, 1.82) is 0 Å². The quantitative estimate of drug-likeness (QED) is 0.392. The van der Waals surface area contributed by atoms with Gasteiger partial charge in [0.15, 0.2) is 17.5 Å². The second-order valence-corrected chi connectivity index (χ2v) is 6.43. The lowest BCUT2D eigenvalue weighted by Crippen LogP contribution is -2.35. The highest BCUT2D eigenvalue weighted by molar-refractivity contribution is 14.0. The highest BCUT2D eigenvalue weighted by Gasteiger charge is 2.22. The predicted molar refractivity (Wildman–Crippen MR) is 107 cm³/mol. The smallest absolute Gasteiger partial charge is 0.188 e. The molecule has 1 rings (SSSR count). The third kappa shape index (κ3) is 6.85. The molecule has 0 amide bonds. The van der Waals surface area contributed by atoms with Gasteiger partial charge in [0.25, 0.3) is 0 Å². The van der Waals surface area contributed by atoms with E-state index in [1.165, 1.54) is 0 Å². The number of benzene rings is 1. The van der Waals surface area contributed by atoms with Crippen LogP contribution in [0.25, 0.3) is 0 Å². The van der Waals surface area contributed by atoms with E-state index in [4.69, 9.17) is 15.2 Å². The predicted octanol–water partition coefficient (Wildman–Crippen LogP) is 3.16. The summed E-state index contributed by atoms with van der Waals surface area (Å²) in [6.07, 6.45) is 0. The summed E-state index contributed by atoms with van der Waals surface area (Å²) in [4.78, 5) is 4.45. The van der Waals surface area contributed by atoms with E-state index in [0.29, 0.717) is 18.4 Å². The number of nitrogens with two attached hydrogens (primary N) is 1. The number of aliphatic imine (C=N–C) groups is 1. The zero-order chi connectivity index (χ0) is 16.8. The summed E-state index contributed by atoms with van der Waals surface area (Å²) >= 11 is 0. The SMILES string of the molecule is COc1ccc(C(C)(C)CN=C(N)NCC(C)C)cc1OC.I. The highest BCUT2D eigenvalue weighted by Crippen LogP contribution is 2.33. The summed E-state index contributed by atoms with van der Waals surface area (Å²) in [6.45, 7) is 9.95. The molecule has 0 aromatic heterocycles. The fourth-order valence-corrected chi connectivity index (χ4v) is 2.00. The maximum atomic E-state index is 5.90. The highest BCUT2D eigenvalue weighted by atomic mass is 127. The van der Waals surface area contributed by atoms with E-state index in [0.717, 1.165) is 23.6 Å². The molecule has 1 aromatic carbocycles. The molecule has 0 aliphatic heterocycles. The number of guanidine groups is 1. The van der Waals surface area contributed by atoms with Crippen LogP contribution < -0.4 is 20.5 Å². The number of methoxy groups -OCH3 is 2. The Labute approximate surface area is 157 Å². The van der Waals surface area contributed by atoms with Gasteiger partial charge in [0.05, 0.1) is 20.8 Å². The monoisotopic (exact) mass is 435 g/mol. The molecular formula is C17H30IN3O2. The van der Waals surface area contributed by atoms with E-state index in [1.807, 2.05) is 18.2 Å². The Morgan fingerprint density at radius 2 is 1.83 bits per heavy atom. The molecule has 0 spiro atoms. The Kier molecular flexibility index (Phi) is 9.34. The normalized spacial score (nSPS) is 11.9. The summed E-state index contributed by atoms with van der Waals surface area (Å²) in [7, 11) is 3.27. The molecule has 0 aliphatic rings. The number of nitrogens with zero attached hydrogens (tertiary/aromatic N) is 1. The van der Waals surface area contributed by atoms with Crippen molar-refractivity contribution < 1.29 is 9.47 Å². The van der Waals surface area contributed by atoms with Crippen LogP contribution in [0, 0.1) is 5.92 Å². The maximum absolute atomic E-state index is 5.90. The standard InChI is InChI=1S/C17H29N3O2.HI/c1-12(2)10-19-16(18)20-11-17(3,4)13-7-8-14(21-5)15(9-13)22-6;/h7-9,12H,10-11H2,1-6H3,(H3,18,19,20);1H. The third-order valence-corrected chi connectivity index (χ3v) is 3.50. The lowest BCUT2D eigenvalue weighted by molar-refractivity contribution is 0.353. The molecule has 0 saturated carbocycles. The first-order valence-corrected chi connectivity index (χ1v) is 7.56. The van der Waals surface area contributed by atoms with Crippen molar-refractivity contribution in [3.8, 4) is 11.5 Å². The van der Waals surface area contributed by atoms with Crippen molar-refractivity contribution in [1.82, 2.24) is 5.32 Å². The average molecular weight is 435 g/mol. The number of halogens is 1. The number of hydrogen-bond donors (Lipinski definition) is 2. The minimum absolute atomic E-state index is 0. The molecule has 0 atom stereocenters. The Balaban J connectivity index is 0.00000484. The van der Waals surface area contributed by atoms with Crippen molar-refractivity contribution in [3.63, 3.8) is 0 Å². The Bertz CT molecular complexity index is 517. The van der Waals surface area contributed by atoms with Gasteiger partial charge in [-0.3, -0.25) is 4.99 Å². The first kappa shape index (κ1) is 21.8. The van der Waals surface area contributed by atoms with Gasteiger partial charge in [-0.1, -0.05) is 33.8 Å². The number of ether oxygens (including phenoxy) is 2. The van der Waals surface area contributed by atoms with Gasteiger partial charge < -0.3 is 20.5 Å². The number of nitrogens with one attached hydrogen (secondary N) is 1. The molecule has 1 aromatic rings. The van der Waals surface area contributed by atoms with Crippen LogP contribution in [0.5, 0.6) is 11.5 Å². The van der Waals surface area contributed by atoms with Crippen LogP contribution in [0.15, 0.2) is 23.2 Å².